The van der Waals surface area contributed by atoms with Crippen molar-refractivity contribution in [3.63, 3.8) is 0 Å². The second kappa shape index (κ2) is 10.1. The van der Waals surface area contributed by atoms with Crippen LogP contribution in [0.2, 0.25) is 0 Å². The third-order valence-corrected chi connectivity index (χ3v) is 5.79. The van der Waals surface area contributed by atoms with Crippen molar-refractivity contribution in [3.05, 3.63) is 95.6 Å². The van der Waals surface area contributed by atoms with Crippen molar-refractivity contribution in [1.82, 2.24) is 0 Å². The summed E-state index contributed by atoms with van der Waals surface area (Å²) in [6.07, 6.45) is -4.39. The molecule has 0 aliphatic heterocycles. The number of halogens is 3. The minimum absolute atomic E-state index is 0.0375. The van der Waals surface area contributed by atoms with Gasteiger partial charge in [-0.25, -0.2) is 0 Å². The normalized spacial score (nSPS) is 12.6. The van der Waals surface area contributed by atoms with Gasteiger partial charge in [-0.1, -0.05) is 68.1 Å². The molecule has 0 heterocycles. The number of hydrogen-bond acceptors (Lipinski definition) is 3. The summed E-state index contributed by atoms with van der Waals surface area (Å²) in [7, 11) is 0. The summed E-state index contributed by atoms with van der Waals surface area (Å²) in [5.41, 5.74) is 0.817. The Morgan fingerprint density at radius 2 is 1.55 bits per heavy atom. The zero-order chi connectivity index (χ0) is 22.4. The quantitative estimate of drug-likeness (QED) is 0.373. The summed E-state index contributed by atoms with van der Waals surface area (Å²) in [5.74, 6) is 1.35. The van der Waals surface area contributed by atoms with Gasteiger partial charge in [-0.05, 0) is 53.4 Å². The Balaban J connectivity index is 1.67. The minimum Gasteiger partial charge on any atom is -0.457 e. The molecule has 0 bridgehead atoms. The van der Waals surface area contributed by atoms with Crippen LogP contribution in [-0.4, -0.2) is 5.12 Å². The van der Waals surface area contributed by atoms with Gasteiger partial charge >= 0.3 is 6.18 Å². The maximum Gasteiger partial charge on any atom is 0.416 e. The van der Waals surface area contributed by atoms with Crippen molar-refractivity contribution in [2.45, 2.75) is 31.7 Å². The fourth-order valence-electron chi connectivity index (χ4n) is 3.24. The second-order valence-corrected chi connectivity index (χ2v) is 8.49. The van der Waals surface area contributed by atoms with Gasteiger partial charge in [0, 0.05) is 5.75 Å². The maximum atomic E-state index is 12.9. The molecule has 0 saturated heterocycles. The number of hydrogen-bond donors (Lipinski definition) is 0. The zero-order valence-corrected chi connectivity index (χ0v) is 18.0. The molecule has 1 unspecified atom stereocenters. The summed E-state index contributed by atoms with van der Waals surface area (Å²) in [5, 5.41) is -0.0656. The van der Waals surface area contributed by atoms with Crippen molar-refractivity contribution in [2.24, 2.45) is 5.92 Å². The van der Waals surface area contributed by atoms with E-state index < -0.39 is 17.7 Å². The molecule has 0 aliphatic rings. The van der Waals surface area contributed by atoms with E-state index in [2.05, 4.69) is 0 Å². The van der Waals surface area contributed by atoms with Gasteiger partial charge in [-0.3, -0.25) is 4.79 Å². The van der Waals surface area contributed by atoms with Crippen LogP contribution in [0.15, 0.2) is 78.9 Å². The lowest BCUT2D eigenvalue weighted by Crippen LogP contribution is -2.16. The summed E-state index contributed by atoms with van der Waals surface area (Å²) < 4.78 is 44.3. The molecule has 0 radical (unpaired) electrons. The van der Waals surface area contributed by atoms with Crippen molar-refractivity contribution >= 4 is 16.9 Å². The number of carbonyl (C=O) groups is 1. The molecule has 3 aromatic carbocycles. The molecule has 162 valence electrons. The number of rotatable bonds is 7. The molecule has 3 aromatic rings. The monoisotopic (exact) mass is 444 g/mol. The highest BCUT2D eigenvalue weighted by Crippen LogP contribution is 2.35. The third kappa shape index (κ3) is 6.37. The molecule has 0 fully saturated rings. The predicted molar refractivity (Wildman–Crippen MR) is 118 cm³/mol. The summed E-state index contributed by atoms with van der Waals surface area (Å²) in [4.78, 5) is 12.9. The van der Waals surface area contributed by atoms with E-state index in [0.29, 0.717) is 17.1 Å². The largest absolute Gasteiger partial charge is 0.457 e. The van der Waals surface area contributed by atoms with Gasteiger partial charge in [-0.15, -0.1) is 0 Å². The first-order valence-electron chi connectivity index (χ1n) is 9.89. The molecule has 0 amide bonds. The van der Waals surface area contributed by atoms with E-state index in [-0.39, 0.29) is 11.0 Å². The van der Waals surface area contributed by atoms with Gasteiger partial charge in [0.05, 0.1) is 11.5 Å². The van der Waals surface area contributed by atoms with Crippen LogP contribution in [0.1, 0.15) is 36.5 Å². The SMILES string of the molecule is CC(C)C(C(=O)SCc1cccc(Oc2ccccc2)c1)c1ccc(C(F)(F)F)cc1. The van der Waals surface area contributed by atoms with Crippen LogP contribution in [0.5, 0.6) is 11.5 Å². The van der Waals surface area contributed by atoms with Crippen LogP contribution < -0.4 is 4.74 Å². The van der Waals surface area contributed by atoms with Crippen LogP contribution in [0.4, 0.5) is 13.2 Å². The topological polar surface area (TPSA) is 26.3 Å². The molecule has 31 heavy (non-hydrogen) atoms. The van der Waals surface area contributed by atoms with E-state index in [9.17, 15) is 18.0 Å². The van der Waals surface area contributed by atoms with Crippen LogP contribution in [0.3, 0.4) is 0 Å². The Morgan fingerprint density at radius 3 is 2.16 bits per heavy atom. The van der Waals surface area contributed by atoms with Crippen molar-refractivity contribution < 1.29 is 22.7 Å². The van der Waals surface area contributed by atoms with E-state index in [4.69, 9.17) is 4.74 Å². The lowest BCUT2D eigenvalue weighted by atomic mass is 9.89. The average molecular weight is 445 g/mol. The van der Waals surface area contributed by atoms with Gasteiger partial charge < -0.3 is 4.74 Å². The molecule has 0 aliphatic carbocycles. The van der Waals surface area contributed by atoms with Crippen LogP contribution >= 0.6 is 11.8 Å². The highest BCUT2D eigenvalue weighted by molar-refractivity contribution is 8.13. The Bertz CT molecular complexity index is 999. The van der Waals surface area contributed by atoms with E-state index in [1.54, 1.807) is 0 Å². The maximum absolute atomic E-state index is 12.9. The zero-order valence-electron chi connectivity index (χ0n) is 17.2. The first kappa shape index (κ1) is 22.9. The molecule has 1 atom stereocenters. The number of alkyl halides is 3. The molecular weight excluding hydrogens is 421 g/mol. The lowest BCUT2D eigenvalue weighted by molar-refractivity contribution is -0.137. The van der Waals surface area contributed by atoms with E-state index >= 15 is 0 Å². The van der Waals surface area contributed by atoms with Crippen molar-refractivity contribution in [3.8, 4) is 11.5 Å². The van der Waals surface area contributed by atoms with Gasteiger partial charge in [0.1, 0.15) is 11.5 Å². The molecule has 0 aromatic heterocycles. The Kier molecular flexibility index (Phi) is 7.44. The van der Waals surface area contributed by atoms with Gasteiger partial charge in [-0.2, -0.15) is 13.2 Å². The first-order valence-corrected chi connectivity index (χ1v) is 10.9. The molecule has 0 spiro atoms. The molecule has 0 N–H and O–H groups in total. The van der Waals surface area contributed by atoms with Crippen LogP contribution in [-0.2, 0) is 16.7 Å². The molecule has 3 rings (SSSR count). The van der Waals surface area contributed by atoms with E-state index in [0.717, 1.165) is 23.4 Å². The third-order valence-electron chi connectivity index (χ3n) is 4.78. The molecule has 0 saturated carbocycles. The number of carbonyl (C=O) groups excluding carboxylic acids is 1. The number of thioether (sulfide) groups is 1. The Morgan fingerprint density at radius 1 is 0.903 bits per heavy atom. The first-order chi connectivity index (χ1) is 14.7. The number of ether oxygens (including phenoxy) is 1. The van der Waals surface area contributed by atoms with Crippen molar-refractivity contribution in [2.75, 3.05) is 0 Å². The highest BCUT2D eigenvalue weighted by Gasteiger charge is 2.31. The predicted octanol–water partition coefficient (Wildman–Crippen LogP) is 7.70. The van der Waals surface area contributed by atoms with Crippen LogP contribution in [0.25, 0.3) is 0 Å². The van der Waals surface area contributed by atoms with Crippen molar-refractivity contribution in [1.29, 1.82) is 0 Å². The molecular formula is C25H23F3O2S. The van der Waals surface area contributed by atoms with E-state index in [1.165, 1.54) is 23.9 Å². The molecule has 2 nitrogen and oxygen atoms in total. The van der Waals surface area contributed by atoms with Gasteiger partial charge in [0.15, 0.2) is 5.12 Å². The van der Waals surface area contributed by atoms with Gasteiger partial charge in [0.2, 0.25) is 0 Å². The number of para-hydroxylation sites is 1. The fourth-order valence-corrected chi connectivity index (χ4v) is 4.32. The summed E-state index contributed by atoms with van der Waals surface area (Å²) in [6, 6.07) is 21.8. The Hall–Kier alpha value is -2.73. The summed E-state index contributed by atoms with van der Waals surface area (Å²) >= 11 is 1.17. The fraction of sp³-hybridized carbons (Fsp3) is 0.240. The van der Waals surface area contributed by atoms with E-state index in [1.807, 2.05) is 68.4 Å². The van der Waals surface area contributed by atoms with Crippen LogP contribution in [0, 0.1) is 5.92 Å². The number of benzene rings is 3. The second-order valence-electron chi connectivity index (χ2n) is 7.51. The molecule has 6 heteroatoms. The average Bonchev–Trinajstić information content (AvgIpc) is 2.73. The Labute approximate surface area is 184 Å². The highest BCUT2D eigenvalue weighted by atomic mass is 32.2. The van der Waals surface area contributed by atoms with Gasteiger partial charge in [0.25, 0.3) is 0 Å². The smallest absolute Gasteiger partial charge is 0.416 e. The lowest BCUT2D eigenvalue weighted by Gasteiger charge is -2.20. The minimum atomic E-state index is -4.39. The standard InChI is InChI=1S/C25H23F3O2S/c1-17(2)23(19-11-13-20(14-12-19)25(26,27)28)24(29)31-16-18-7-6-10-22(15-18)30-21-8-4-3-5-9-21/h3-15,17,23H,16H2,1-2H3. The summed E-state index contributed by atoms with van der Waals surface area (Å²) in [6.45, 7) is 3.80.